The van der Waals surface area contributed by atoms with Gasteiger partial charge in [-0.3, -0.25) is 14.9 Å². The number of ether oxygens (including phenoxy) is 3. The van der Waals surface area contributed by atoms with E-state index in [-0.39, 0.29) is 6.79 Å². The molecule has 1 aliphatic heterocycles. The molecule has 1 aliphatic rings. The maximum atomic E-state index is 13.3. The highest BCUT2D eigenvalue weighted by atomic mass is 32.1. The molecule has 5 rings (SSSR count). The Morgan fingerprint density at radius 3 is 2.67 bits per heavy atom. The lowest BCUT2D eigenvalue weighted by Crippen LogP contribution is -2.45. The molecule has 1 atom stereocenters. The van der Waals surface area contributed by atoms with E-state index in [1.54, 1.807) is 25.3 Å². The van der Waals surface area contributed by atoms with Crippen molar-refractivity contribution >= 4 is 28.3 Å². The molecule has 36 heavy (non-hydrogen) atoms. The van der Waals surface area contributed by atoms with E-state index in [1.807, 2.05) is 54.6 Å². The number of fused-ring (bicyclic) bond motifs is 1. The minimum absolute atomic E-state index is 0.110. The SMILES string of the molecule is COc1cccc(-c2nnc(NC(=O)C(Cc3ccccc3)NC(=O)c3ccc4c(c3)OCO4)s2)c1. The summed E-state index contributed by atoms with van der Waals surface area (Å²) in [5.74, 6) is 0.960. The summed E-state index contributed by atoms with van der Waals surface area (Å²) in [6, 6.07) is 20.9. The van der Waals surface area contributed by atoms with E-state index >= 15 is 0 Å². The average Bonchev–Trinajstić information content (AvgIpc) is 3.58. The number of methoxy groups -OCH3 is 1. The Labute approximate surface area is 211 Å². The van der Waals surface area contributed by atoms with Crippen LogP contribution >= 0.6 is 11.3 Å². The van der Waals surface area contributed by atoms with E-state index in [2.05, 4.69) is 20.8 Å². The minimum Gasteiger partial charge on any atom is -0.497 e. The lowest BCUT2D eigenvalue weighted by atomic mass is 10.0. The number of hydrogen-bond acceptors (Lipinski definition) is 8. The second-order valence-corrected chi connectivity index (χ2v) is 8.89. The number of benzene rings is 3. The summed E-state index contributed by atoms with van der Waals surface area (Å²) in [5, 5.41) is 14.9. The highest BCUT2D eigenvalue weighted by Crippen LogP contribution is 2.32. The molecule has 3 aromatic carbocycles. The molecule has 0 spiro atoms. The second-order valence-electron chi connectivity index (χ2n) is 7.92. The number of rotatable bonds is 8. The molecule has 9 nitrogen and oxygen atoms in total. The molecule has 0 saturated heterocycles. The van der Waals surface area contributed by atoms with Crippen molar-refractivity contribution in [2.24, 2.45) is 0 Å². The van der Waals surface area contributed by atoms with Gasteiger partial charge in [-0.25, -0.2) is 0 Å². The molecule has 0 saturated carbocycles. The topological polar surface area (TPSA) is 112 Å². The number of nitrogens with zero attached hydrogens (tertiary/aromatic N) is 2. The van der Waals surface area contributed by atoms with E-state index in [1.165, 1.54) is 11.3 Å². The molecule has 1 unspecified atom stereocenters. The molecule has 0 radical (unpaired) electrons. The zero-order valence-electron chi connectivity index (χ0n) is 19.3. The van der Waals surface area contributed by atoms with Gasteiger partial charge in [0.15, 0.2) is 11.5 Å². The fourth-order valence-electron chi connectivity index (χ4n) is 3.68. The Kier molecular flexibility index (Phi) is 6.76. The first-order valence-corrected chi connectivity index (χ1v) is 11.9. The van der Waals surface area contributed by atoms with Gasteiger partial charge in [0.2, 0.25) is 17.8 Å². The predicted octanol–water partition coefficient (Wildman–Crippen LogP) is 3.92. The minimum atomic E-state index is -0.852. The number of aromatic nitrogens is 2. The van der Waals surface area contributed by atoms with Gasteiger partial charge in [0.1, 0.15) is 16.8 Å². The van der Waals surface area contributed by atoms with Gasteiger partial charge in [0.25, 0.3) is 5.91 Å². The number of nitrogens with one attached hydrogen (secondary N) is 2. The van der Waals surface area contributed by atoms with Crippen LogP contribution in [0.2, 0.25) is 0 Å². The third-order valence-electron chi connectivity index (χ3n) is 5.51. The van der Waals surface area contributed by atoms with Crippen LogP contribution in [0.5, 0.6) is 17.2 Å². The quantitative estimate of drug-likeness (QED) is 0.376. The van der Waals surface area contributed by atoms with Gasteiger partial charge in [-0.1, -0.05) is 53.8 Å². The van der Waals surface area contributed by atoms with Gasteiger partial charge in [-0.2, -0.15) is 0 Å². The third-order valence-corrected chi connectivity index (χ3v) is 6.40. The summed E-state index contributed by atoms with van der Waals surface area (Å²) in [6.45, 7) is 0.110. The summed E-state index contributed by atoms with van der Waals surface area (Å²) < 4.78 is 15.9. The lowest BCUT2D eigenvalue weighted by molar-refractivity contribution is -0.118. The summed E-state index contributed by atoms with van der Waals surface area (Å²) in [6.07, 6.45) is 0.296. The third kappa shape index (κ3) is 5.28. The molecule has 0 fully saturated rings. The highest BCUT2D eigenvalue weighted by molar-refractivity contribution is 7.18. The molecule has 0 aliphatic carbocycles. The van der Waals surface area contributed by atoms with E-state index in [0.29, 0.717) is 39.4 Å². The highest BCUT2D eigenvalue weighted by Gasteiger charge is 2.25. The molecule has 10 heteroatoms. The largest absolute Gasteiger partial charge is 0.497 e. The molecule has 4 aromatic rings. The van der Waals surface area contributed by atoms with E-state index in [9.17, 15) is 9.59 Å². The normalized spacial score (nSPS) is 12.6. The van der Waals surface area contributed by atoms with Gasteiger partial charge >= 0.3 is 0 Å². The standard InChI is InChI=1S/C26H22N4O5S/c1-33-19-9-5-8-18(13-19)25-29-30-26(36-25)28-24(32)20(12-16-6-3-2-4-7-16)27-23(31)17-10-11-21-22(14-17)35-15-34-21/h2-11,13-14,20H,12,15H2,1H3,(H,27,31)(H,28,30,32). The average molecular weight is 503 g/mol. The first-order valence-electron chi connectivity index (χ1n) is 11.1. The van der Waals surface area contributed by atoms with E-state index < -0.39 is 17.9 Å². The van der Waals surface area contributed by atoms with Crippen LogP contribution in [-0.4, -0.2) is 42.0 Å². The van der Waals surface area contributed by atoms with Gasteiger partial charge in [-0.15, -0.1) is 10.2 Å². The zero-order valence-corrected chi connectivity index (χ0v) is 20.1. The fraction of sp³-hybridized carbons (Fsp3) is 0.154. The smallest absolute Gasteiger partial charge is 0.252 e. The molecule has 1 aromatic heterocycles. The van der Waals surface area contributed by atoms with Crippen molar-refractivity contribution in [3.8, 4) is 27.8 Å². The predicted molar refractivity (Wildman–Crippen MR) is 134 cm³/mol. The van der Waals surface area contributed by atoms with Gasteiger partial charge in [-0.05, 0) is 35.9 Å². The molecule has 2 N–H and O–H groups in total. The fourth-order valence-corrected chi connectivity index (χ4v) is 4.42. The van der Waals surface area contributed by atoms with Gasteiger partial charge < -0.3 is 19.5 Å². The van der Waals surface area contributed by atoms with Gasteiger partial charge in [0.05, 0.1) is 7.11 Å². The number of carbonyl (C=O) groups is 2. The molecule has 182 valence electrons. The Bertz CT molecular complexity index is 1390. The van der Waals surface area contributed by atoms with Crippen LogP contribution in [0.3, 0.4) is 0 Å². The number of carbonyl (C=O) groups excluding carboxylic acids is 2. The van der Waals surface area contributed by atoms with Crippen LogP contribution in [0.25, 0.3) is 10.6 Å². The monoisotopic (exact) mass is 502 g/mol. The molecule has 2 heterocycles. The number of hydrogen-bond donors (Lipinski definition) is 2. The first-order chi connectivity index (χ1) is 17.6. The van der Waals surface area contributed by atoms with Gasteiger partial charge in [0, 0.05) is 17.5 Å². The summed E-state index contributed by atoms with van der Waals surface area (Å²) in [4.78, 5) is 26.3. The maximum absolute atomic E-state index is 13.3. The van der Waals surface area contributed by atoms with Crippen molar-refractivity contribution < 1.29 is 23.8 Å². The number of anilines is 1. The summed E-state index contributed by atoms with van der Waals surface area (Å²) >= 11 is 1.23. The van der Waals surface area contributed by atoms with Crippen molar-refractivity contribution in [1.82, 2.24) is 15.5 Å². The van der Waals surface area contributed by atoms with Crippen molar-refractivity contribution in [2.45, 2.75) is 12.5 Å². The van der Waals surface area contributed by atoms with E-state index in [0.717, 1.165) is 11.1 Å². The summed E-state index contributed by atoms with van der Waals surface area (Å²) in [7, 11) is 1.59. The maximum Gasteiger partial charge on any atom is 0.252 e. The molecular weight excluding hydrogens is 480 g/mol. The first kappa shape index (κ1) is 23.3. The van der Waals surface area contributed by atoms with Crippen LogP contribution < -0.4 is 24.8 Å². The van der Waals surface area contributed by atoms with Crippen LogP contribution in [0.15, 0.2) is 72.8 Å². The molecule has 2 amide bonds. The Hall–Kier alpha value is -4.44. The Morgan fingerprint density at radius 1 is 1.00 bits per heavy atom. The lowest BCUT2D eigenvalue weighted by Gasteiger charge is -2.18. The molecular formula is C26H22N4O5S. The van der Waals surface area contributed by atoms with Crippen LogP contribution in [0, 0.1) is 0 Å². The Morgan fingerprint density at radius 2 is 1.83 bits per heavy atom. The van der Waals surface area contributed by atoms with Crippen LogP contribution in [-0.2, 0) is 11.2 Å². The van der Waals surface area contributed by atoms with Crippen LogP contribution in [0.1, 0.15) is 15.9 Å². The van der Waals surface area contributed by atoms with Crippen molar-refractivity contribution in [1.29, 1.82) is 0 Å². The molecule has 0 bridgehead atoms. The van der Waals surface area contributed by atoms with Crippen molar-refractivity contribution in [3.05, 3.63) is 83.9 Å². The zero-order chi connectivity index (χ0) is 24.9. The van der Waals surface area contributed by atoms with Crippen molar-refractivity contribution in [3.63, 3.8) is 0 Å². The number of amides is 2. The van der Waals surface area contributed by atoms with E-state index in [4.69, 9.17) is 14.2 Å². The second kappa shape index (κ2) is 10.4. The summed E-state index contributed by atoms with van der Waals surface area (Å²) in [5.41, 5.74) is 2.09. The Balaban J connectivity index is 1.33. The van der Waals surface area contributed by atoms with Crippen LogP contribution in [0.4, 0.5) is 5.13 Å². The van der Waals surface area contributed by atoms with Crippen molar-refractivity contribution in [2.75, 3.05) is 19.2 Å².